The molecule has 7 aliphatic heterocycles. The molecule has 39 unspecified atom stereocenters. The van der Waals surface area contributed by atoms with Crippen LogP contribution in [0.5, 0.6) is 0 Å². The highest BCUT2D eigenvalue weighted by Gasteiger charge is 2.62. The highest BCUT2D eigenvalue weighted by Crippen LogP contribution is 2.39. The maximum Gasteiger partial charge on any atom is 0.335 e. The summed E-state index contributed by atoms with van der Waals surface area (Å²) in [5, 5.41) is 247. The first-order valence-electron chi connectivity index (χ1n) is 31.9. The average Bonchev–Trinajstić information content (AvgIpc) is 0.799. The lowest BCUT2D eigenvalue weighted by Crippen LogP contribution is -2.71. The summed E-state index contributed by atoms with van der Waals surface area (Å²) in [6.07, 6.45) is -82.6. The minimum Gasteiger partial charge on any atom is -0.479 e. The van der Waals surface area contributed by atoms with Crippen molar-refractivity contribution in [3.8, 4) is 0 Å². The smallest absolute Gasteiger partial charge is 0.335 e. The van der Waals surface area contributed by atoms with Crippen molar-refractivity contribution in [2.24, 2.45) is 0 Å². The Morgan fingerprint density at radius 3 is 0.924 bits per heavy atom. The molecule has 0 aliphatic carbocycles. The van der Waals surface area contributed by atoms with E-state index in [-0.39, 0.29) is 6.29 Å². The van der Waals surface area contributed by atoms with Crippen LogP contribution in [0, 0.1) is 0 Å². The molecule has 0 saturated carbocycles. The molecule has 0 radical (unpaired) electrons. The molecule has 0 aromatic heterocycles. The van der Waals surface area contributed by atoms with E-state index in [2.05, 4.69) is 16.0 Å². The standard InChI is InChI=1S/C56H86N4O45/c1-10(66)57-14(5-61)35(22(71)15(70)6-62)95-54-32(81)28(77)39(43(103-54)47(86)87)99-51-20(59-12(3)68)37(24(73)17(8-64)93-51)97-56-34(83)30(79)41(45(105-56)49(90)91)101-52-21(60-13(4)69)38(25(74)18(9-65)94-52)98-55-33(82)29(78)40(44(104-55)48(88)89)100-50-19(58-11(2)67)36(23(72)16(7-63)92-50)96-53-31(80)26(75)27(76)42(102-53)46(84)85/h5,14-45,50-56,62-65,70-83H,6-9H2,1-4H3,(H,57,66)(H,58,67)(H,59,68)(H,60,69)(H,84,85)(H,86,87)(H,88,89)(H,90,91). The van der Waals surface area contributed by atoms with Gasteiger partial charge in [-0.3, -0.25) is 19.2 Å². The number of aliphatic hydroxyl groups excluding tert-OH is 18. The van der Waals surface area contributed by atoms with E-state index in [9.17, 15) is 155 Å². The zero-order chi connectivity index (χ0) is 78.4. The van der Waals surface area contributed by atoms with Crippen molar-refractivity contribution in [1.82, 2.24) is 21.3 Å². The Bertz CT molecular complexity index is 2970. The molecule has 600 valence electrons. The van der Waals surface area contributed by atoms with Gasteiger partial charge in [-0.2, -0.15) is 0 Å². The molecule has 0 spiro atoms. The van der Waals surface area contributed by atoms with Crippen molar-refractivity contribution < 1.29 is 222 Å². The van der Waals surface area contributed by atoms with Gasteiger partial charge in [-0.1, -0.05) is 0 Å². The number of aldehydes is 1. The Hall–Kier alpha value is -5.85. The minimum atomic E-state index is -2.67. The van der Waals surface area contributed by atoms with E-state index in [1.165, 1.54) is 0 Å². The number of carboxylic acids is 4. The number of ether oxygens (including phenoxy) is 14. The lowest BCUT2D eigenvalue weighted by molar-refractivity contribution is -0.379. The van der Waals surface area contributed by atoms with Crippen molar-refractivity contribution in [3.63, 3.8) is 0 Å². The van der Waals surface area contributed by atoms with Crippen LogP contribution in [0.3, 0.4) is 0 Å². The molecule has 7 fully saturated rings. The third-order valence-electron chi connectivity index (χ3n) is 17.7. The van der Waals surface area contributed by atoms with Crippen LogP contribution in [0.1, 0.15) is 27.7 Å². The molecule has 49 heteroatoms. The van der Waals surface area contributed by atoms with Crippen LogP contribution >= 0.6 is 0 Å². The zero-order valence-electron chi connectivity index (χ0n) is 55.2. The van der Waals surface area contributed by atoms with Gasteiger partial charge in [0.25, 0.3) is 0 Å². The van der Waals surface area contributed by atoms with Gasteiger partial charge in [-0.05, 0) is 0 Å². The highest BCUT2D eigenvalue weighted by molar-refractivity contribution is 5.78. The Balaban J connectivity index is 1.12. The maximum absolute atomic E-state index is 13.2. The molecular weight excluding hydrogens is 1450 g/mol. The van der Waals surface area contributed by atoms with Gasteiger partial charge in [-0.25, -0.2) is 19.2 Å². The van der Waals surface area contributed by atoms with E-state index < -0.39 is 313 Å². The molecule has 0 bridgehead atoms. The molecule has 0 aromatic rings. The van der Waals surface area contributed by atoms with Crippen LogP contribution in [0.4, 0.5) is 0 Å². The number of carboxylic acid groups (broad SMARTS) is 4. The van der Waals surface area contributed by atoms with E-state index >= 15 is 0 Å². The summed E-state index contributed by atoms with van der Waals surface area (Å²) in [5.74, 6) is -12.2. The Morgan fingerprint density at radius 2 is 0.648 bits per heavy atom. The number of aliphatic carboxylic acids is 4. The van der Waals surface area contributed by atoms with Crippen molar-refractivity contribution >= 4 is 53.8 Å². The van der Waals surface area contributed by atoms with Gasteiger partial charge in [0.1, 0.15) is 177 Å². The van der Waals surface area contributed by atoms with Crippen LogP contribution in [-0.4, -0.2) is 432 Å². The number of carbonyl (C=O) groups is 9. The molecule has 39 atom stereocenters. The quantitative estimate of drug-likeness (QED) is 0.0297. The number of nitrogens with one attached hydrogen (secondary N) is 4. The van der Waals surface area contributed by atoms with Gasteiger partial charge in [0, 0.05) is 27.7 Å². The summed E-state index contributed by atoms with van der Waals surface area (Å²) < 4.78 is 78.9. The van der Waals surface area contributed by atoms with Crippen molar-refractivity contribution in [1.29, 1.82) is 0 Å². The first-order chi connectivity index (χ1) is 49.3. The minimum absolute atomic E-state index is 0.0230. The maximum atomic E-state index is 13.2. The summed E-state index contributed by atoms with van der Waals surface area (Å²) in [4.78, 5) is 114. The summed E-state index contributed by atoms with van der Waals surface area (Å²) >= 11 is 0. The van der Waals surface area contributed by atoms with Crippen LogP contribution in [0.25, 0.3) is 0 Å². The third kappa shape index (κ3) is 19.4. The van der Waals surface area contributed by atoms with Gasteiger partial charge < -0.3 is 205 Å². The van der Waals surface area contributed by atoms with E-state index in [1.54, 1.807) is 0 Å². The fourth-order valence-electron chi connectivity index (χ4n) is 12.5. The molecule has 4 amide bonds. The monoisotopic (exact) mass is 1530 g/mol. The highest BCUT2D eigenvalue weighted by atomic mass is 16.8. The van der Waals surface area contributed by atoms with Gasteiger partial charge >= 0.3 is 23.9 Å². The average molecular weight is 1540 g/mol. The summed E-state index contributed by atoms with van der Waals surface area (Å²) in [5.41, 5.74) is 0. The second-order valence-corrected chi connectivity index (χ2v) is 25.1. The van der Waals surface area contributed by atoms with Gasteiger partial charge in [0.05, 0.1) is 26.4 Å². The topological polar surface area (TPSA) is 776 Å². The number of hydrogen-bond acceptors (Lipinski definition) is 41. The molecule has 7 aliphatic rings. The van der Waals surface area contributed by atoms with Crippen molar-refractivity contribution in [3.05, 3.63) is 0 Å². The SMILES string of the molecule is CC(=O)NC(C=O)C(OC1OC(C(=O)O)C(OC2OC(CO)C(O)C(OC3OC(C(=O)O)C(OC4OC(CO)C(O)C(OC5OC(C(=O)O)C(OC6OC(CO)C(O)C(OC7OC(C(=O)O)C(O)C(O)C7O)C6NC(C)=O)C(O)C5O)C4NC(C)=O)C(O)C3O)C2NC(C)=O)C(O)C1O)C(O)C(O)CO. The Kier molecular flexibility index (Phi) is 30.5. The van der Waals surface area contributed by atoms with E-state index in [1.807, 2.05) is 5.32 Å². The van der Waals surface area contributed by atoms with Crippen LogP contribution < -0.4 is 21.3 Å². The molecule has 49 nitrogen and oxygen atoms in total. The third-order valence-corrected chi connectivity index (χ3v) is 17.7. The van der Waals surface area contributed by atoms with E-state index in [0.29, 0.717) is 0 Å². The van der Waals surface area contributed by atoms with Gasteiger partial charge in [0.2, 0.25) is 23.6 Å². The fraction of sp³-hybridized carbons (Fsp3) is 0.839. The summed E-state index contributed by atoms with van der Waals surface area (Å²) in [6.45, 7) is -1.44. The lowest BCUT2D eigenvalue weighted by atomic mass is 9.93. The van der Waals surface area contributed by atoms with Gasteiger partial charge in [-0.15, -0.1) is 0 Å². The molecular formula is C56H86N4O45. The van der Waals surface area contributed by atoms with E-state index in [0.717, 1.165) is 27.7 Å². The van der Waals surface area contributed by atoms with Crippen LogP contribution in [-0.2, 0) is 109 Å². The molecule has 7 heterocycles. The first kappa shape index (κ1) is 86.4. The second kappa shape index (κ2) is 37.0. The molecule has 0 aromatic carbocycles. The van der Waals surface area contributed by atoms with Crippen molar-refractivity contribution in [2.45, 2.75) is 267 Å². The second-order valence-electron chi connectivity index (χ2n) is 25.1. The Morgan fingerprint density at radius 1 is 0.362 bits per heavy atom. The lowest BCUT2D eigenvalue weighted by Gasteiger charge is -2.51. The van der Waals surface area contributed by atoms with Crippen LogP contribution in [0.2, 0.25) is 0 Å². The molecule has 26 N–H and O–H groups in total. The Labute approximate surface area is 588 Å². The molecule has 105 heavy (non-hydrogen) atoms. The zero-order valence-corrected chi connectivity index (χ0v) is 55.2. The van der Waals surface area contributed by atoms with Crippen molar-refractivity contribution in [2.75, 3.05) is 26.4 Å². The summed E-state index contributed by atoms with van der Waals surface area (Å²) in [6, 6.07) is -8.19. The summed E-state index contributed by atoms with van der Waals surface area (Å²) in [7, 11) is 0. The number of aliphatic hydroxyl groups is 18. The fourth-order valence-corrected chi connectivity index (χ4v) is 12.5. The predicted molar refractivity (Wildman–Crippen MR) is 314 cm³/mol. The number of carbonyl (C=O) groups excluding carboxylic acids is 5. The molecule has 7 saturated heterocycles. The van der Waals surface area contributed by atoms with E-state index in [4.69, 9.17) is 66.3 Å². The largest absolute Gasteiger partial charge is 0.479 e. The molecule has 7 rings (SSSR count). The number of amides is 4. The number of hydrogen-bond donors (Lipinski definition) is 26. The van der Waals surface area contributed by atoms with Crippen LogP contribution in [0.15, 0.2) is 0 Å². The predicted octanol–water partition coefficient (Wildman–Crippen LogP) is -17.7. The van der Waals surface area contributed by atoms with Gasteiger partial charge in [0.15, 0.2) is 68.4 Å². The first-order valence-corrected chi connectivity index (χ1v) is 31.9. The number of rotatable bonds is 30. The normalized spacial score (nSPS) is 43.5.